The first-order valence-electron chi connectivity index (χ1n) is 10.3. The molecule has 0 aliphatic heterocycles. The van der Waals surface area contributed by atoms with Crippen LogP contribution in [0.4, 0.5) is 13.2 Å². The fourth-order valence-corrected chi connectivity index (χ4v) is 3.42. The third-order valence-electron chi connectivity index (χ3n) is 4.94. The van der Waals surface area contributed by atoms with Crippen molar-refractivity contribution in [2.45, 2.75) is 64.5 Å². The van der Waals surface area contributed by atoms with Crippen LogP contribution in [0.5, 0.6) is 5.75 Å². The Morgan fingerprint density at radius 2 is 1.79 bits per heavy atom. The van der Waals surface area contributed by atoms with Crippen LogP contribution in [0.1, 0.15) is 63.1 Å². The van der Waals surface area contributed by atoms with Gasteiger partial charge in [-0.25, -0.2) is 0 Å². The van der Waals surface area contributed by atoms with E-state index >= 15 is 0 Å². The molecule has 1 aromatic heterocycles. The molecule has 0 saturated carbocycles. The first kappa shape index (κ1) is 23.3. The molecular weight excluding hydrogens is 381 g/mol. The van der Waals surface area contributed by atoms with Crippen molar-refractivity contribution < 1.29 is 22.7 Å². The molecule has 7 heteroatoms. The molecule has 4 nitrogen and oxygen atoms in total. The van der Waals surface area contributed by atoms with Crippen LogP contribution in [0.25, 0.3) is 10.9 Å². The smallest absolute Gasteiger partial charge is 0.426 e. The molecule has 0 aliphatic carbocycles. The number of hydrogen-bond donors (Lipinski definition) is 1. The van der Waals surface area contributed by atoms with Crippen LogP contribution in [0, 0.1) is 0 Å². The van der Waals surface area contributed by atoms with Gasteiger partial charge < -0.3 is 14.6 Å². The quantitative estimate of drug-likeness (QED) is 0.282. The molecule has 0 aliphatic rings. The third-order valence-corrected chi connectivity index (χ3v) is 4.94. The van der Waals surface area contributed by atoms with Gasteiger partial charge in [0.15, 0.2) is 0 Å². The van der Waals surface area contributed by atoms with Crippen molar-refractivity contribution in [3.8, 4) is 5.75 Å². The number of carbonyl (C=O) groups is 1. The van der Waals surface area contributed by atoms with E-state index in [1.54, 1.807) is 18.2 Å². The zero-order chi connectivity index (χ0) is 21.4. The second kappa shape index (κ2) is 10.7. The number of aromatic nitrogens is 1. The molecule has 0 atom stereocenters. The first-order valence-corrected chi connectivity index (χ1v) is 10.3. The van der Waals surface area contributed by atoms with E-state index in [0.717, 1.165) is 25.7 Å². The second-order valence-electron chi connectivity index (χ2n) is 7.70. The molecule has 2 aromatic rings. The number of H-pyrrole nitrogens is 1. The van der Waals surface area contributed by atoms with Gasteiger partial charge in [0.2, 0.25) is 0 Å². The van der Waals surface area contributed by atoms with Crippen LogP contribution in [0.2, 0.25) is 0 Å². The molecule has 29 heavy (non-hydrogen) atoms. The van der Waals surface area contributed by atoms with Gasteiger partial charge in [-0.15, -0.1) is 0 Å². The maximum atomic E-state index is 13.5. The summed E-state index contributed by atoms with van der Waals surface area (Å²) in [5.41, 5.74) is -0.297. The number of hydrogen-bond acceptors (Lipinski definition) is 3. The van der Waals surface area contributed by atoms with Crippen LogP contribution in [0.15, 0.2) is 18.2 Å². The normalized spacial score (nSPS) is 12.1. The summed E-state index contributed by atoms with van der Waals surface area (Å²) in [4.78, 5) is 16.6. The highest BCUT2D eigenvalue weighted by Crippen LogP contribution is 2.39. The fourth-order valence-electron chi connectivity index (χ4n) is 3.42. The lowest BCUT2D eigenvalue weighted by Gasteiger charge is -2.13. The van der Waals surface area contributed by atoms with Crippen LogP contribution >= 0.6 is 0 Å². The molecule has 1 heterocycles. The molecular formula is C22H31F3N2O2. The van der Waals surface area contributed by atoms with Crippen molar-refractivity contribution in [3.63, 3.8) is 0 Å². The Kier molecular flexibility index (Phi) is 8.56. The minimum Gasteiger partial charge on any atom is -0.426 e. The minimum atomic E-state index is -4.50. The van der Waals surface area contributed by atoms with Gasteiger partial charge in [-0.05, 0) is 44.6 Å². The number of nitrogens with one attached hydrogen (secondary N) is 1. The average molecular weight is 412 g/mol. The summed E-state index contributed by atoms with van der Waals surface area (Å²) in [7, 11) is 3.62. The van der Waals surface area contributed by atoms with E-state index in [1.807, 2.05) is 19.0 Å². The maximum absolute atomic E-state index is 13.5. The molecule has 0 unspecified atom stereocenters. The van der Waals surface area contributed by atoms with E-state index in [4.69, 9.17) is 4.74 Å². The van der Waals surface area contributed by atoms with Gasteiger partial charge in [0.1, 0.15) is 11.4 Å². The second-order valence-corrected chi connectivity index (χ2v) is 7.70. The van der Waals surface area contributed by atoms with E-state index in [-0.39, 0.29) is 24.2 Å². The Morgan fingerprint density at radius 3 is 2.45 bits per heavy atom. The van der Waals surface area contributed by atoms with Crippen molar-refractivity contribution in [2.75, 3.05) is 20.6 Å². The van der Waals surface area contributed by atoms with Gasteiger partial charge in [0, 0.05) is 23.9 Å². The predicted molar refractivity (Wildman–Crippen MR) is 109 cm³/mol. The number of benzene rings is 1. The molecule has 0 bridgehead atoms. The molecule has 0 amide bonds. The molecule has 162 valence electrons. The minimum absolute atomic E-state index is 0.143. The number of nitrogens with zero attached hydrogens (tertiary/aromatic N) is 1. The van der Waals surface area contributed by atoms with Crippen molar-refractivity contribution in [1.82, 2.24) is 9.88 Å². The number of esters is 1. The van der Waals surface area contributed by atoms with Crippen LogP contribution in [0.3, 0.4) is 0 Å². The highest BCUT2D eigenvalue weighted by Gasteiger charge is 2.37. The Balaban J connectivity index is 2.18. The summed E-state index contributed by atoms with van der Waals surface area (Å²) in [6.07, 6.45) is 2.25. The van der Waals surface area contributed by atoms with Gasteiger partial charge in [-0.1, -0.05) is 45.1 Å². The van der Waals surface area contributed by atoms with E-state index in [0.29, 0.717) is 17.4 Å². The number of carbonyl (C=O) groups excluding carboxylic acids is 1. The summed E-state index contributed by atoms with van der Waals surface area (Å²) >= 11 is 0. The van der Waals surface area contributed by atoms with Gasteiger partial charge in [-0.2, -0.15) is 13.2 Å². The average Bonchev–Trinajstić information content (AvgIpc) is 3.03. The summed E-state index contributed by atoms with van der Waals surface area (Å²) < 4.78 is 46.1. The predicted octanol–water partition coefficient (Wildman–Crippen LogP) is 5.95. The fraction of sp³-hybridized carbons (Fsp3) is 0.591. The number of ether oxygens (including phenoxy) is 1. The Labute approximate surface area is 170 Å². The number of unbranched alkanes of at least 4 members (excludes halogenated alkanes) is 5. The zero-order valence-corrected chi connectivity index (χ0v) is 17.5. The highest BCUT2D eigenvalue weighted by atomic mass is 19.4. The van der Waals surface area contributed by atoms with Crippen molar-refractivity contribution in [3.05, 3.63) is 29.5 Å². The number of fused-ring (bicyclic) bond motifs is 1. The van der Waals surface area contributed by atoms with Crippen LogP contribution < -0.4 is 4.74 Å². The number of likely N-dealkylation sites (N-methyl/N-ethyl adjacent to an activating group) is 1. The lowest BCUT2D eigenvalue weighted by molar-refractivity contribution is -0.141. The van der Waals surface area contributed by atoms with E-state index in [2.05, 4.69) is 11.9 Å². The number of halogens is 3. The summed E-state index contributed by atoms with van der Waals surface area (Å²) in [5, 5.41) is 0.345. The molecule has 0 saturated heterocycles. The lowest BCUT2D eigenvalue weighted by atomic mass is 10.1. The third kappa shape index (κ3) is 6.77. The Bertz CT molecular complexity index is 797. The molecule has 2 rings (SSSR count). The first-order chi connectivity index (χ1) is 13.7. The highest BCUT2D eigenvalue weighted by molar-refractivity contribution is 5.92. The van der Waals surface area contributed by atoms with E-state index in [9.17, 15) is 18.0 Å². The molecule has 0 fully saturated rings. The molecule has 1 N–H and O–H groups in total. The summed E-state index contributed by atoms with van der Waals surface area (Å²) in [6.45, 7) is 2.60. The topological polar surface area (TPSA) is 45.3 Å². The van der Waals surface area contributed by atoms with Gasteiger partial charge in [0.05, 0.1) is 0 Å². The van der Waals surface area contributed by atoms with E-state index < -0.39 is 17.8 Å². The number of rotatable bonds is 11. The summed E-state index contributed by atoms with van der Waals surface area (Å²) in [5.74, 6) is -0.208. The van der Waals surface area contributed by atoms with Crippen LogP contribution in [-0.2, 0) is 17.4 Å². The van der Waals surface area contributed by atoms with E-state index in [1.165, 1.54) is 12.8 Å². The molecule has 0 spiro atoms. The van der Waals surface area contributed by atoms with Crippen molar-refractivity contribution in [1.29, 1.82) is 0 Å². The van der Waals surface area contributed by atoms with Gasteiger partial charge >= 0.3 is 12.1 Å². The standard InChI is InChI=1S/C22H31F3N2O2/c1-4-5-6-7-8-9-13-19(28)29-18-12-10-11-17-20(18)16(14-15-27(2)3)21(26-17)22(23,24)25/h10-12,26H,4-9,13-15H2,1-3H3. The van der Waals surface area contributed by atoms with Crippen LogP contribution in [-0.4, -0.2) is 36.5 Å². The Morgan fingerprint density at radius 1 is 1.10 bits per heavy atom. The van der Waals surface area contributed by atoms with Crippen molar-refractivity contribution in [2.24, 2.45) is 0 Å². The SMILES string of the molecule is CCCCCCCCC(=O)Oc1cccc2[nH]c(C(F)(F)F)c(CCN(C)C)c12. The van der Waals surface area contributed by atoms with Gasteiger partial charge in [0.25, 0.3) is 0 Å². The summed E-state index contributed by atoms with van der Waals surface area (Å²) in [6, 6.07) is 4.74. The number of alkyl halides is 3. The zero-order valence-electron chi connectivity index (χ0n) is 17.5. The van der Waals surface area contributed by atoms with Crippen molar-refractivity contribution >= 4 is 16.9 Å². The maximum Gasteiger partial charge on any atom is 0.431 e. The largest absolute Gasteiger partial charge is 0.431 e. The Hall–Kier alpha value is -2.02. The lowest BCUT2D eigenvalue weighted by Crippen LogP contribution is -2.17. The number of aromatic amines is 1. The monoisotopic (exact) mass is 412 g/mol. The van der Waals surface area contributed by atoms with Gasteiger partial charge in [-0.3, -0.25) is 4.79 Å². The molecule has 0 radical (unpaired) electrons. The molecule has 1 aromatic carbocycles.